The Labute approximate surface area is 98.5 Å². The Morgan fingerprint density at radius 1 is 1.41 bits per heavy atom. The number of carbonyl (C=O) groups is 2. The van der Waals surface area contributed by atoms with Crippen molar-refractivity contribution < 1.29 is 19.4 Å². The van der Waals surface area contributed by atoms with Gasteiger partial charge in [0, 0.05) is 6.08 Å². The summed E-state index contributed by atoms with van der Waals surface area (Å²) in [6, 6.07) is 6.53. The van der Waals surface area contributed by atoms with Crippen LogP contribution in [0.25, 0.3) is 0 Å². The molecule has 1 aromatic carbocycles. The van der Waals surface area contributed by atoms with E-state index >= 15 is 0 Å². The molecule has 0 aromatic heterocycles. The predicted molar refractivity (Wildman–Crippen MR) is 61.8 cm³/mol. The molecule has 0 aliphatic heterocycles. The maximum atomic E-state index is 11.1. The lowest BCUT2D eigenvalue weighted by Gasteiger charge is -2.09. The van der Waals surface area contributed by atoms with Crippen LogP contribution in [0.4, 0.5) is 0 Å². The topological polar surface area (TPSA) is 89.6 Å². The zero-order valence-electron chi connectivity index (χ0n) is 9.34. The number of primary amides is 1. The third-order valence-electron chi connectivity index (χ3n) is 1.98. The van der Waals surface area contributed by atoms with E-state index in [1.165, 1.54) is 0 Å². The van der Waals surface area contributed by atoms with E-state index in [2.05, 4.69) is 0 Å². The lowest BCUT2D eigenvalue weighted by Crippen LogP contribution is -2.13. The van der Waals surface area contributed by atoms with E-state index in [-0.39, 0.29) is 12.2 Å². The number of nitrogens with two attached hydrogens (primary N) is 1. The maximum Gasteiger partial charge on any atom is 0.328 e. The van der Waals surface area contributed by atoms with Gasteiger partial charge in [0.1, 0.15) is 12.4 Å². The van der Waals surface area contributed by atoms with E-state index in [0.29, 0.717) is 11.3 Å². The van der Waals surface area contributed by atoms with Gasteiger partial charge < -0.3 is 15.6 Å². The molecule has 5 heteroatoms. The Hall–Kier alpha value is -2.30. The molecule has 0 saturated carbocycles. The number of ether oxygens (including phenoxy) is 1. The second-order valence-electron chi connectivity index (χ2n) is 3.48. The van der Waals surface area contributed by atoms with E-state index in [1.807, 2.05) is 0 Å². The first kappa shape index (κ1) is 12.8. The van der Waals surface area contributed by atoms with Crippen molar-refractivity contribution >= 4 is 11.9 Å². The van der Waals surface area contributed by atoms with Gasteiger partial charge in [-0.15, -0.1) is 0 Å². The average Bonchev–Trinajstić information content (AvgIpc) is 2.25. The van der Waals surface area contributed by atoms with Gasteiger partial charge in [-0.1, -0.05) is 12.1 Å². The van der Waals surface area contributed by atoms with Gasteiger partial charge in [-0.05, 0) is 24.6 Å². The highest BCUT2D eigenvalue weighted by atomic mass is 16.5. The molecule has 0 fully saturated rings. The van der Waals surface area contributed by atoms with Crippen molar-refractivity contribution in [1.82, 2.24) is 0 Å². The largest absolute Gasteiger partial charge is 0.488 e. The monoisotopic (exact) mass is 235 g/mol. The Bertz CT molecular complexity index is 465. The smallest absolute Gasteiger partial charge is 0.328 e. The fourth-order valence-corrected chi connectivity index (χ4v) is 1.24. The summed E-state index contributed by atoms with van der Waals surface area (Å²) in [4.78, 5) is 21.5. The van der Waals surface area contributed by atoms with Crippen LogP contribution >= 0.6 is 0 Å². The fourth-order valence-electron chi connectivity index (χ4n) is 1.24. The van der Waals surface area contributed by atoms with Gasteiger partial charge in [0.15, 0.2) is 0 Å². The second kappa shape index (κ2) is 5.69. The van der Waals surface area contributed by atoms with Crippen molar-refractivity contribution in [2.24, 2.45) is 5.73 Å². The van der Waals surface area contributed by atoms with E-state index in [9.17, 15) is 9.59 Å². The molecule has 90 valence electrons. The molecular weight excluding hydrogens is 222 g/mol. The Kier molecular flexibility index (Phi) is 4.28. The zero-order valence-corrected chi connectivity index (χ0v) is 9.34. The summed E-state index contributed by atoms with van der Waals surface area (Å²) in [6.45, 7) is 1.72. The van der Waals surface area contributed by atoms with E-state index in [1.54, 1.807) is 31.2 Å². The Balaban J connectivity index is 2.76. The van der Waals surface area contributed by atoms with Crippen LogP contribution < -0.4 is 10.5 Å². The third-order valence-corrected chi connectivity index (χ3v) is 1.98. The molecule has 0 radical (unpaired) electrons. The van der Waals surface area contributed by atoms with Crippen LogP contribution in [-0.2, 0) is 4.79 Å². The minimum atomic E-state index is -1.03. The van der Waals surface area contributed by atoms with E-state index in [4.69, 9.17) is 15.6 Å². The summed E-state index contributed by atoms with van der Waals surface area (Å²) >= 11 is 0. The molecule has 0 atom stereocenters. The quantitative estimate of drug-likeness (QED) is 0.750. The van der Waals surface area contributed by atoms with Gasteiger partial charge in [0.2, 0.25) is 0 Å². The standard InChI is InChI=1S/C12H13NO4/c1-8(6-11(14)15)7-17-10-5-3-2-4-9(10)12(13)16/h2-6H,7H2,1H3,(H2,13,16)(H,14,15). The molecule has 5 nitrogen and oxygen atoms in total. The van der Waals surface area contributed by atoms with E-state index in [0.717, 1.165) is 6.08 Å². The summed E-state index contributed by atoms with van der Waals surface area (Å²) in [6.07, 6.45) is 1.05. The maximum absolute atomic E-state index is 11.1. The average molecular weight is 235 g/mol. The number of hydrogen-bond acceptors (Lipinski definition) is 3. The van der Waals surface area contributed by atoms with Gasteiger partial charge in [0.05, 0.1) is 5.56 Å². The molecule has 17 heavy (non-hydrogen) atoms. The minimum Gasteiger partial charge on any atom is -0.488 e. The second-order valence-corrected chi connectivity index (χ2v) is 3.48. The summed E-state index contributed by atoms with van der Waals surface area (Å²) in [5, 5.41) is 8.52. The zero-order chi connectivity index (χ0) is 12.8. The van der Waals surface area contributed by atoms with Gasteiger partial charge in [0.25, 0.3) is 5.91 Å². The van der Waals surface area contributed by atoms with Crippen LogP contribution in [-0.4, -0.2) is 23.6 Å². The van der Waals surface area contributed by atoms with Crippen molar-refractivity contribution in [3.63, 3.8) is 0 Å². The van der Waals surface area contributed by atoms with Crippen LogP contribution in [0.15, 0.2) is 35.9 Å². The van der Waals surface area contributed by atoms with Crippen molar-refractivity contribution in [3.05, 3.63) is 41.5 Å². The number of para-hydroxylation sites is 1. The number of carbonyl (C=O) groups excluding carboxylic acids is 1. The summed E-state index contributed by atoms with van der Waals surface area (Å²) in [5.41, 5.74) is 5.99. The van der Waals surface area contributed by atoms with Gasteiger partial charge >= 0.3 is 5.97 Å². The molecule has 0 spiro atoms. The summed E-state index contributed by atoms with van der Waals surface area (Å²) in [5.74, 6) is -1.27. The van der Waals surface area contributed by atoms with Crippen molar-refractivity contribution in [2.45, 2.75) is 6.92 Å². The Morgan fingerprint density at radius 2 is 2.06 bits per heavy atom. The number of rotatable bonds is 5. The molecule has 1 aromatic rings. The minimum absolute atomic E-state index is 0.0938. The van der Waals surface area contributed by atoms with Crippen LogP contribution in [0.1, 0.15) is 17.3 Å². The summed E-state index contributed by atoms with van der Waals surface area (Å²) in [7, 11) is 0. The molecule has 0 unspecified atom stereocenters. The number of benzene rings is 1. The molecule has 0 saturated heterocycles. The van der Waals surface area contributed by atoms with Crippen molar-refractivity contribution in [3.8, 4) is 5.75 Å². The first-order valence-corrected chi connectivity index (χ1v) is 4.92. The number of hydrogen-bond donors (Lipinski definition) is 2. The highest BCUT2D eigenvalue weighted by Gasteiger charge is 2.08. The van der Waals surface area contributed by atoms with Crippen molar-refractivity contribution in [1.29, 1.82) is 0 Å². The normalized spacial score (nSPS) is 11.0. The van der Waals surface area contributed by atoms with Crippen LogP contribution in [0.2, 0.25) is 0 Å². The Morgan fingerprint density at radius 3 is 2.65 bits per heavy atom. The van der Waals surface area contributed by atoms with E-state index < -0.39 is 11.9 Å². The molecular formula is C12H13NO4. The predicted octanol–water partition coefficient (Wildman–Crippen LogP) is 1.20. The summed E-state index contributed by atoms with van der Waals surface area (Å²) < 4.78 is 5.33. The number of amides is 1. The van der Waals surface area contributed by atoms with Crippen LogP contribution in [0, 0.1) is 0 Å². The number of aliphatic carboxylic acids is 1. The lowest BCUT2D eigenvalue weighted by molar-refractivity contribution is -0.131. The SMILES string of the molecule is CC(=CC(=O)O)COc1ccccc1C(N)=O. The molecule has 1 rings (SSSR count). The van der Waals surface area contributed by atoms with Gasteiger partial charge in [-0.2, -0.15) is 0 Å². The lowest BCUT2D eigenvalue weighted by atomic mass is 10.2. The number of carboxylic acids is 1. The highest BCUT2D eigenvalue weighted by Crippen LogP contribution is 2.17. The van der Waals surface area contributed by atoms with Gasteiger partial charge in [-0.25, -0.2) is 4.79 Å². The first-order chi connectivity index (χ1) is 8.00. The molecule has 0 aliphatic carbocycles. The van der Waals surface area contributed by atoms with Crippen molar-refractivity contribution in [2.75, 3.05) is 6.61 Å². The first-order valence-electron chi connectivity index (χ1n) is 4.92. The number of carboxylic acid groups (broad SMARTS) is 1. The molecule has 1 amide bonds. The molecule has 3 N–H and O–H groups in total. The molecule has 0 heterocycles. The molecule has 0 bridgehead atoms. The third kappa shape index (κ3) is 3.98. The van der Waals surface area contributed by atoms with Gasteiger partial charge in [-0.3, -0.25) is 4.79 Å². The fraction of sp³-hybridized carbons (Fsp3) is 0.167. The van der Waals surface area contributed by atoms with Crippen LogP contribution in [0.3, 0.4) is 0 Å². The van der Waals surface area contributed by atoms with Crippen LogP contribution in [0.5, 0.6) is 5.75 Å². The highest BCUT2D eigenvalue weighted by molar-refractivity contribution is 5.95. The molecule has 0 aliphatic rings.